The third-order valence-electron chi connectivity index (χ3n) is 5.06. The lowest BCUT2D eigenvalue weighted by molar-refractivity contribution is 0.0864. The van der Waals surface area contributed by atoms with E-state index in [1.807, 2.05) is 23.0 Å². The number of para-hydroxylation sites is 1. The van der Waals surface area contributed by atoms with E-state index in [9.17, 15) is 5.11 Å². The molecule has 0 bridgehead atoms. The Morgan fingerprint density at radius 1 is 1.26 bits per heavy atom. The minimum Gasteiger partial charge on any atom is -0.396 e. The SMILES string of the molecule is Cc1ccccc1-n1cc(CN(C)CC2(CO)CCCC2)cn1. The fourth-order valence-electron chi connectivity index (χ4n) is 3.83. The zero-order valence-electron chi connectivity index (χ0n) is 14.2. The molecule has 0 spiro atoms. The van der Waals surface area contributed by atoms with E-state index in [0.29, 0.717) is 6.61 Å². The van der Waals surface area contributed by atoms with Crippen LogP contribution in [0.15, 0.2) is 36.7 Å². The van der Waals surface area contributed by atoms with E-state index in [0.717, 1.165) is 31.6 Å². The van der Waals surface area contributed by atoms with Crippen LogP contribution in [-0.4, -0.2) is 40.0 Å². The number of aliphatic hydroxyl groups is 1. The van der Waals surface area contributed by atoms with Crippen molar-refractivity contribution < 1.29 is 5.11 Å². The molecule has 0 radical (unpaired) electrons. The highest BCUT2D eigenvalue weighted by molar-refractivity contribution is 5.39. The van der Waals surface area contributed by atoms with Crippen LogP contribution in [0.4, 0.5) is 0 Å². The molecule has 1 fully saturated rings. The molecule has 124 valence electrons. The Balaban J connectivity index is 1.66. The number of hydrogen-bond acceptors (Lipinski definition) is 3. The van der Waals surface area contributed by atoms with Crippen molar-refractivity contribution in [1.82, 2.24) is 14.7 Å². The van der Waals surface area contributed by atoms with E-state index in [4.69, 9.17) is 0 Å². The van der Waals surface area contributed by atoms with Gasteiger partial charge in [-0.15, -0.1) is 0 Å². The maximum atomic E-state index is 9.77. The molecule has 4 nitrogen and oxygen atoms in total. The van der Waals surface area contributed by atoms with Crippen LogP contribution in [0.3, 0.4) is 0 Å². The highest BCUT2D eigenvalue weighted by atomic mass is 16.3. The van der Waals surface area contributed by atoms with Gasteiger partial charge in [0.1, 0.15) is 0 Å². The first-order valence-electron chi connectivity index (χ1n) is 8.51. The summed E-state index contributed by atoms with van der Waals surface area (Å²) in [7, 11) is 2.14. The van der Waals surface area contributed by atoms with Crippen molar-refractivity contribution in [3.8, 4) is 5.69 Å². The standard InChI is InChI=1S/C19H27N3O/c1-16-7-3-4-8-18(16)22-13-17(11-20-22)12-21(2)14-19(15-23)9-5-6-10-19/h3-4,7-8,11,13,23H,5-6,9-10,12,14-15H2,1-2H3. The second kappa shape index (κ2) is 6.85. The Hall–Kier alpha value is -1.65. The molecule has 0 saturated heterocycles. The van der Waals surface area contributed by atoms with Crippen molar-refractivity contribution in [2.45, 2.75) is 39.2 Å². The number of nitrogens with zero attached hydrogens (tertiary/aromatic N) is 3. The van der Waals surface area contributed by atoms with Gasteiger partial charge in [0.25, 0.3) is 0 Å². The van der Waals surface area contributed by atoms with Crippen LogP contribution in [0.2, 0.25) is 0 Å². The average Bonchev–Trinajstić information content (AvgIpc) is 3.18. The maximum Gasteiger partial charge on any atom is 0.0674 e. The first kappa shape index (κ1) is 16.2. The Morgan fingerprint density at radius 2 is 2.00 bits per heavy atom. The molecule has 2 aromatic rings. The van der Waals surface area contributed by atoms with Crippen molar-refractivity contribution in [3.63, 3.8) is 0 Å². The van der Waals surface area contributed by atoms with Gasteiger partial charge in [-0.05, 0) is 38.4 Å². The fourth-order valence-corrected chi connectivity index (χ4v) is 3.83. The third-order valence-corrected chi connectivity index (χ3v) is 5.06. The second-order valence-electron chi connectivity index (χ2n) is 7.12. The first-order chi connectivity index (χ1) is 11.1. The number of benzene rings is 1. The van der Waals surface area contributed by atoms with Crippen molar-refractivity contribution >= 4 is 0 Å². The molecular weight excluding hydrogens is 286 g/mol. The van der Waals surface area contributed by atoms with Gasteiger partial charge >= 0.3 is 0 Å². The predicted octanol–water partition coefficient (Wildman–Crippen LogP) is 3.17. The van der Waals surface area contributed by atoms with Crippen molar-refractivity contribution in [3.05, 3.63) is 47.8 Å². The Bertz CT molecular complexity index is 644. The van der Waals surface area contributed by atoms with Crippen LogP contribution in [0.25, 0.3) is 5.69 Å². The van der Waals surface area contributed by atoms with Gasteiger partial charge in [0.15, 0.2) is 0 Å². The van der Waals surface area contributed by atoms with Crippen LogP contribution >= 0.6 is 0 Å². The summed E-state index contributed by atoms with van der Waals surface area (Å²) in [6.45, 7) is 4.24. The van der Waals surface area contributed by atoms with E-state index in [2.05, 4.69) is 42.3 Å². The summed E-state index contributed by atoms with van der Waals surface area (Å²) in [5, 5.41) is 14.3. The summed E-state index contributed by atoms with van der Waals surface area (Å²) >= 11 is 0. The molecule has 1 aliphatic carbocycles. The normalized spacial score (nSPS) is 17.0. The van der Waals surface area contributed by atoms with Crippen molar-refractivity contribution in [2.24, 2.45) is 5.41 Å². The second-order valence-corrected chi connectivity index (χ2v) is 7.12. The van der Waals surface area contributed by atoms with Crippen LogP contribution in [0.5, 0.6) is 0 Å². The van der Waals surface area contributed by atoms with Gasteiger partial charge in [0.05, 0.1) is 11.9 Å². The molecule has 1 aromatic heterocycles. The van der Waals surface area contributed by atoms with Gasteiger partial charge in [-0.2, -0.15) is 5.10 Å². The van der Waals surface area contributed by atoms with Gasteiger partial charge in [0, 0.05) is 36.9 Å². The zero-order chi connectivity index (χ0) is 16.3. The Morgan fingerprint density at radius 3 is 2.70 bits per heavy atom. The van der Waals surface area contributed by atoms with E-state index in [-0.39, 0.29) is 5.41 Å². The lowest BCUT2D eigenvalue weighted by Crippen LogP contribution is -2.36. The fraction of sp³-hybridized carbons (Fsp3) is 0.526. The largest absolute Gasteiger partial charge is 0.396 e. The summed E-state index contributed by atoms with van der Waals surface area (Å²) in [6, 6.07) is 8.29. The summed E-state index contributed by atoms with van der Waals surface area (Å²) in [4.78, 5) is 2.32. The smallest absolute Gasteiger partial charge is 0.0674 e. The van der Waals surface area contributed by atoms with Crippen LogP contribution < -0.4 is 0 Å². The van der Waals surface area contributed by atoms with Crippen LogP contribution in [-0.2, 0) is 6.54 Å². The van der Waals surface area contributed by atoms with Gasteiger partial charge in [-0.25, -0.2) is 4.68 Å². The van der Waals surface area contributed by atoms with Gasteiger partial charge in [0.2, 0.25) is 0 Å². The zero-order valence-corrected chi connectivity index (χ0v) is 14.2. The van der Waals surface area contributed by atoms with Gasteiger partial charge in [-0.3, -0.25) is 0 Å². The molecule has 23 heavy (non-hydrogen) atoms. The molecule has 1 N–H and O–H groups in total. The number of aliphatic hydroxyl groups excluding tert-OH is 1. The van der Waals surface area contributed by atoms with E-state index >= 15 is 0 Å². The lowest BCUT2D eigenvalue weighted by Gasteiger charge is -2.31. The van der Waals surface area contributed by atoms with Crippen LogP contribution in [0, 0.1) is 12.3 Å². The Kier molecular flexibility index (Phi) is 4.83. The molecule has 0 unspecified atom stereocenters. The molecule has 4 heteroatoms. The summed E-state index contributed by atoms with van der Waals surface area (Å²) in [6.07, 6.45) is 8.86. The Labute approximate surface area is 138 Å². The molecule has 0 aliphatic heterocycles. The quantitative estimate of drug-likeness (QED) is 0.890. The lowest BCUT2D eigenvalue weighted by atomic mass is 9.86. The van der Waals surface area contributed by atoms with Gasteiger partial charge in [-0.1, -0.05) is 31.0 Å². The summed E-state index contributed by atoms with van der Waals surface area (Å²) in [5.41, 5.74) is 3.67. The van der Waals surface area contributed by atoms with E-state index in [1.54, 1.807) is 0 Å². The average molecular weight is 313 g/mol. The highest BCUT2D eigenvalue weighted by Gasteiger charge is 2.34. The first-order valence-corrected chi connectivity index (χ1v) is 8.51. The number of hydrogen-bond donors (Lipinski definition) is 1. The highest BCUT2D eigenvalue weighted by Crippen LogP contribution is 2.38. The number of rotatable bonds is 6. The number of aryl methyl sites for hydroxylation is 1. The predicted molar refractivity (Wildman–Crippen MR) is 92.6 cm³/mol. The van der Waals surface area contributed by atoms with E-state index in [1.165, 1.54) is 24.0 Å². The van der Waals surface area contributed by atoms with Crippen molar-refractivity contribution in [1.29, 1.82) is 0 Å². The molecule has 0 atom stereocenters. The minimum absolute atomic E-state index is 0.112. The molecule has 0 amide bonds. The molecule has 1 heterocycles. The third kappa shape index (κ3) is 3.65. The number of aromatic nitrogens is 2. The molecular formula is C19H27N3O. The molecule has 3 rings (SSSR count). The maximum absolute atomic E-state index is 9.77. The van der Waals surface area contributed by atoms with Crippen LogP contribution in [0.1, 0.15) is 36.8 Å². The molecule has 1 aromatic carbocycles. The van der Waals surface area contributed by atoms with Crippen molar-refractivity contribution in [2.75, 3.05) is 20.2 Å². The topological polar surface area (TPSA) is 41.3 Å². The van der Waals surface area contributed by atoms with E-state index < -0.39 is 0 Å². The summed E-state index contributed by atoms with van der Waals surface area (Å²) in [5.74, 6) is 0. The molecule has 1 saturated carbocycles. The monoisotopic (exact) mass is 313 g/mol. The molecule has 1 aliphatic rings. The summed E-state index contributed by atoms with van der Waals surface area (Å²) < 4.78 is 1.95. The minimum atomic E-state index is 0.112. The van der Waals surface area contributed by atoms with Gasteiger partial charge < -0.3 is 10.0 Å².